The molecule has 0 aromatic heterocycles. The molecule has 0 aliphatic carbocycles. The second kappa shape index (κ2) is 6.91. The number of nitrogens with zero attached hydrogens (tertiary/aromatic N) is 1. The maximum Gasteiger partial charge on any atom is 0.335 e. The highest BCUT2D eigenvalue weighted by atomic mass is 79.9. The predicted molar refractivity (Wildman–Crippen MR) is 81.7 cm³/mol. The van der Waals surface area contributed by atoms with Crippen molar-refractivity contribution in [1.29, 1.82) is 0 Å². The second-order valence-electron chi connectivity index (χ2n) is 4.89. The molecule has 0 unspecified atom stereocenters. The number of hydrogen-bond donors (Lipinski definition) is 2. The molecule has 0 bridgehead atoms. The van der Waals surface area contributed by atoms with E-state index in [9.17, 15) is 9.59 Å². The summed E-state index contributed by atoms with van der Waals surface area (Å²) in [7, 11) is 1.68. The van der Waals surface area contributed by atoms with Crippen molar-refractivity contribution >= 4 is 33.6 Å². The fourth-order valence-electron chi connectivity index (χ4n) is 2.28. The molecule has 0 atom stereocenters. The van der Waals surface area contributed by atoms with Crippen molar-refractivity contribution in [3.05, 3.63) is 28.2 Å². The smallest absolute Gasteiger partial charge is 0.335 e. The van der Waals surface area contributed by atoms with Crippen molar-refractivity contribution in [1.82, 2.24) is 4.90 Å². The van der Waals surface area contributed by atoms with Crippen LogP contribution >= 0.6 is 15.9 Å². The lowest BCUT2D eigenvalue weighted by Gasteiger charge is -2.31. The summed E-state index contributed by atoms with van der Waals surface area (Å²) >= 11 is 3.24. The monoisotopic (exact) mass is 356 g/mol. The van der Waals surface area contributed by atoms with Crippen molar-refractivity contribution in [2.75, 3.05) is 25.5 Å². The van der Waals surface area contributed by atoms with Gasteiger partial charge in [-0.05, 0) is 31.0 Å². The van der Waals surface area contributed by atoms with Gasteiger partial charge in [0.1, 0.15) is 0 Å². The van der Waals surface area contributed by atoms with Gasteiger partial charge in [-0.1, -0.05) is 15.9 Å². The standard InChI is InChI=1S/C14H17BrN2O4/c1-21-12-2-4-17(5-3-12)14(20)16-11-7-9(13(18)19)6-10(15)8-11/h6-8,12H,2-5H2,1H3,(H,16,20)(H,18,19). The molecule has 0 spiro atoms. The first kappa shape index (κ1) is 15.8. The van der Waals surface area contributed by atoms with Crippen LogP contribution in [0, 0.1) is 0 Å². The van der Waals surface area contributed by atoms with Gasteiger partial charge < -0.3 is 20.1 Å². The molecule has 1 aliphatic heterocycles. The first-order chi connectivity index (χ1) is 9.99. The van der Waals surface area contributed by atoms with Crippen LogP contribution in [-0.4, -0.2) is 48.3 Å². The van der Waals surface area contributed by atoms with Crippen LogP contribution in [-0.2, 0) is 4.74 Å². The maximum atomic E-state index is 12.2. The third kappa shape index (κ3) is 4.18. The van der Waals surface area contributed by atoms with Gasteiger partial charge in [-0.2, -0.15) is 0 Å². The molecule has 1 heterocycles. The normalized spacial score (nSPS) is 15.8. The lowest BCUT2D eigenvalue weighted by atomic mass is 10.1. The number of methoxy groups -OCH3 is 1. The van der Waals surface area contributed by atoms with Gasteiger partial charge in [-0.15, -0.1) is 0 Å². The molecule has 1 fully saturated rings. The fourth-order valence-corrected chi connectivity index (χ4v) is 2.78. The molecule has 2 N–H and O–H groups in total. The van der Waals surface area contributed by atoms with E-state index in [1.54, 1.807) is 18.1 Å². The van der Waals surface area contributed by atoms with E-state index in [-0.39, 0.29) is 17.7 Å². The Morgan fingerprint density at radius 3 is 2.57 bits per heavy atom. The number of carboxylic acid groups (broad SMARTS) is 1. The summed E-state index contributed by atoms with van der Waals surface area (Å²) in [6.45, 7) is 1.26. The molecule has 1 aromatic carbocycles. The Morgan fingerprint density at radius 2 is 2.00 bits per heavy atom. The van der Waals surface area contributed by atoms with Gasteiger partial charge in [0.2, 0.25) is 0 Å². The van der Waals surface area contributed by atoms with Crippen LogP contribution in [0.3, 0.4) is 0 Å². The van der Waals surface area contributed by atoms with Gasteiger partial charge in [0, 0.05) is 30.4 Å². The van der Waals surface area contributed by atoms with Crippen LogP contribution in [0.5, 0.6) is 0 Å². The molecule has 6 nitrogen and oxygen atoms in total. The molecule has 0 radical (unpaired) electrons. The van der Waals surface area contributed by atoms with Gasteiger partial charge in [0.05, 0.1) is 11.7 Å². The molecule has 7 heteroatoms. The number of hydrogen-bond acceptors (Lipinski definition) is 3. The van der Waals surface area contributed by atoms with Crippen molar-refractivity contribution in [3.8, 4) is 0 Å². The summed E-state index contributed by atoms with van der Waals surface area (Å²) in [5.74, 6) is -1.03. The van der Waals surface area contributed by atoms with Crippen LogP contribution < -0.4 is 5.32 Å². The number of piperidine rings is 1. The molecule has 2 amide bonds. The number of rotatable bonds is 3. The Bertz CT molecular complexity index is 542. The Kier molecular flexibility index (Phi) is 5.19. The van der Waals surface area contributed by atoms with E-state index >= 15 is 0 Å². The van der Waals surface area contributed by atoms with Crippen LogP contribution in [0.2, 0.25) is 0 Å². The van der Waals surface area contributed by atoms with E-state index in [2.05, 4.69) is 21.2 Å². The van der Waals surface area contributed by atoms with Gasteiger partial charge in [-0.25, -0.2) is 9.59 Å². The molecule has 2 rings (SSSR count). The number of carbonyl (C=O) groups excluding carboxylic acids is 1. The van der Waals surface area contributed by atoms with E-state index in [1.165, 1.54) is 12.1 Å². The van der Waals surface area contributed by atoms with Crippen LogP contribution in [0.25, 0.3) is 0 Å². The molecule has 1 aliphatic rings. The van der Waals surface area contributed by atoms with Gasteiger partial charge in [-0.3, -0.25) is 0 Å². The number of anilines is 1. The topological polar surface area (TPSA) is 78.9 Å². The fraction of sp³-hybridized carbons (Fsp3) is 0.429. The summed E-state index contributed by atoms with van der Waals surface area (Å²) in [5, 5.41) is 11.7. The van der Waals surface area contributed by atoms with E-state index in [0.29, 0.717) is 23.2 Å². The van der Waals surface area contributed by atoms with E-state index in [4.69, 9.17) is 9.84 Å². The minimum Gasteiger partial charge on any atom is -0.478 e. The highest BCUT2D eigenvalue weighted by Gasteiger charge is 2.22. The van der Waals surface area contributed by atoms with Crippen LogP contribution in [0.1, 0.15) is 23.2 Å². The van der Waals surface area contributed by atoms with Crippen molar-refractivity contribution in [2.24, 2.45) is 0 Å². The number of nitrogens with one attached hydrogen (secondary N) is 1. The lowest BCUT2D eigenvalue weighted by molar-refractivity contribution is 0.0521. The second-order valence-corrected chi connectivity index (χ2v) is 5.80. The Balaban J connectivity index is 2.01. The first-order valence-electron chi connectivity index (χ1n) is 6.62. The summed E-state index contributed by atoms with van der Waals surface area (Å²) in [6, 6.07) is 4.38. The third-order valence-corrected chi connectivity index (χ3v) is 3.92. The third-order valence-electron chi connectivity index (χ3n) is 3.46. The summed E-state index contributed by atoms with van der Waals surface area (Å²) in [6.07, 6.45) is 1.82. The predicted octanol–water partition coefficient (Wildman–Crippen LogP) is 2.79. The van der Waals surface area contributed by atoms with Gasteiger partial charge in [0.25, 0.3) is 0 Å². The Labute approximate surface area is 131 Å². The zero-order chi connectivity index (χ0) is 15.4. The number of halogens is 1. The zero-order valence-corrected chi connectivity index (χ0v) is 13.2. The average Bonchev–Trinajstić information content (AvgIpc) is 2.46. The largest absolute Gasteiger partial charge is 0.478 e. The summed E-state index contributed by atoms with van der Waals surface area (Å²) < 4.78 is 5.87. The number of aromatic carboxylic acids is 1. The Morgan fingerprint density at radius 1 is 1.33 bits per heavy atom. The van der Waals surface area contributed by atoms with E-state index in [1.807, 2.05) is 0 Å². The zero-order valence-electron chi connectivity index (χ0n) is 11.6. The molecule has 0 saturated carbocycles. The molecule has 1 aromatic rings. The maximum absolute atomic E-state index is 12.2. The van der Waals surface area contributed by atoms with Crippen molar-refractivity contribution in [3.63, 3.8) is 0 Å². The number of carboxylic acids is 1. The van der Waals surface area contributed by atoms with Crippen molar-refractivity contribution in [2.45, 2.75) is 18.9 Å². The summed E-state index contributed by atoms with van der Waals surface area (Å²) in [5.41, 5.74) is 0.582. The molecule has 114 valence electrons. The lowest BCUT2D eigenvalue weighted by Crippen LogP contribution is -2.42. The summed E-state index contributed by atoms with van der Waals surface area (Å²) in [4.78, 5) is 24.9. The van der Waals surface area contributed by atoms with Crippen LogP contribution in [0.4, 0.5) is 10.5 Å². The molecular weight excluding hydrogens is 340 g/mol. The van der Waals surface area contributed by atoms with Gasteiger partial charge in [0.15, 0.2) is 0 Å². The minimum atomic E-state index is -1.03. The number of carbonyl (C=O) groups is 2. The number of amides is 2. The quantitative estimate of drug-likeness (QED) is 0.872. The number of benzene rings is 1. The number of likely N-dealkylation sites (tertiary alicyclic amines) is 1. The molecule has 21 heavy (non-hydrogen) atoms. The highest BCUT2D eigenvalue weighted by Crippen LogP contribution is 2.21. The van der Waals surface area contributed by atoms with Gasteiger partial charge >= 0.3 is 12.0 Å². The number of urea groups is 1. The molecule has 1 saturated heterocycles. The highest BCUT2D eigenvalue weighted by molar-refractivity contribution is 9.10. The Hall–Kier alpha value is -1.60. The average molecular weight is 357 g/mol. The van der Waals surface area contributed by atoms with E-state index in [0.717, 1.165) is 12.8 Å². The molecular formula is C14H17BrN2O4. The van der Waals surface area contributed by atoms with E-state index < -0.39 is 5.97 Å². The SMILES string of the molecule is COC1CCN(C(=O)Nc2cc(Br)cc(C(=O)O)c2)CC1. The van der Waals surface area contributed by atoms with Crippen molar-refractivity contribution < 1.29 is 19.4 Å². The first-order valence-corrected chi connectivity index (χ1v) is 7.41. The van der Waals surface area contributed by atoms with Crippen LogP contribution in [0.15, 0.2) is 22.7 Å². The minimum absolute atomic E-state index is 0.123. The number of ether oxygens (including phenoxy) is 1.